The van der Waals surface area contributed by atoms with E-state index in [0.717, 1.165) is 17.9 Å². The Bertz CT molecular complexity index is 481. The van der Waals surface area contributed by atoms with Crippen molar-refractivity contribution in [2.24, 2.45) is 5.16 Å². The number of hydrogen-bond donors (Lipinski definition) is 0. The van der Waals surface area contributed by atoms with Gasteiger partial charge in [-0.25, -0.2) is 0 Å². The molecule has 1 unspecified atom stereocenters. The van der Waals surface area contributed by atoms with E-state index in [1.807, 2.05) is 30.0 Å². The van der Waals surface area contributed by atoms with Crippen LogP contribution in [0.25, 0.3) is 0 Å². The molecule has 4 heteroatoms. The Kier molecular flexibility index (Phi) is 5.33. The van der Waals surface area contributed by atoms with Gasteiger partial charge in [0.25, 0.3) is 0 Å². The zero-order valence-electron chi connectivity index (χ0n) is 13.4. The first-order valence-corrected chi connectivity index (χ1v) is 8.34. The quantitative estimate of drug-likeness (QED) is 0.786. The fraction of sp³-hybridized carbons (Fsp3) is 0.588. The maximum absolute atomic E-state index is 5.80. The fourth-order valence-electron chi connectivity index (χ4n) is 2.08. The summed E-state index contributed by atoms with van der Waals surface area (Å²) in [5, 5.41) is 4.23. The van der Waals surface area contributed by atoms with Crippen molar-refractivity contribution in [1.82, 2.24) is 0 Å². The monoisotopic (exact) mass is 307 g/mol. The van der Waals surface area contributed by atoms with Gasteiger partial charge in [0.15, 0.2) is 5.60 Å². The molecule has 1 aliphatic rings. The topological polar surface area (TPSA) is 30.8 Å². The van der Waals surface area contributed by atoms with E-state index < -0.39 is 0 Å². The third-order valence-electron chi connectivity index (χ3n) is 3.16. The Morgan fingerprint density at radius 2 is 2.00 bits per heavy atom. The fourth-order valence-corrected chi connectivity index (χ4v) is 2.84. The van der Waals surface area contributed by atoms with Crippen LogP contribution in [0.1, 0.15) is 39.7 Å². The summed E-state index contributed by atoms with van der Waals surface area (Å²) < 4.78 is 6.05. The second kappa shape index (κ2) is 6.84. The molecule has 0 radical (unpaired) electrons. The van der Waals surface area contributed by atoms with Gasteiger partial charge >= 0.3 is 0 Å². The van der Waals surface area contributed by atoms with E-state index in [4.69, 9.17) is 9.57 Å². The first-order valence-electron chi connectivity index (χ1n) is 7.36. The molecule has 0 aliphatic carbocycles. The van der Waals surface area contributed by atoms with Crippen LogP contribution in [0, 0.1) is 0 Å². The van der Waals surface area contributed by atoms with Crippen LogP contribution in [-0.2, 0) is 16.2 Å². The molecule has 1 aliphatic heterocycles. The van der Waals surface area contributed by atoms with Crippen molar-refractivity contribution in [1.29, 1.82) is 0 Å². The van der Waals surface area contributed by atoms with Crippen LogP contribution in [0.15, 0.2) is 35.5 Å². The maximum atomic E-state index is 5.80. The Morgan fingerprint density at radius 3 is 2.67 bits per heavy atom. The zero-order chi connectivity index (χ0) is 15.3. The molecule has 0 aromatic heterocycles. The molecule has 21 heavy (non-hydrogen) atoms. The molecule has 0 bridgehead atoms. The summed E-state index contributed by atoms with van der Waals surface area (Å²) in [5.41, 5.74) is 1.99. The van der Waals surface area contributed by atoms with E-state index in [2.05, 4.69) is 45.0 Å². The minimum atomic E-state index is -0.317. The second-order valence-corrected chi connectivity index (χ2v) is 8.56. The Hall–Kier alpha value is -1.00. The van der Waals surface area contributed by atoms with Crippen LogP contribution in [-0.4, -0.2) is 28.4 Å². The maximum Gasteiger partial charge on any atom is 0.163 e. The van der Waals surface area contributed by atoms with Gasteiger partial charge in [-0.3, -0.25) is 0 Å². The Balaban J connectivity index is 1.73. The molecule has 0 amide bonds. The highest BCUT2D eigenvalue weighted by Crippen LogP contribution is 2.29. The summed E-state index contributed by atoms with van der Waals surface area (Å²) in [6.45, 7) is 9.90. The number of oxime groups is 1. The van der Waals surface area contributed by atoms with Crippen molar-refractivity contribution < 1.29 is 9.57 Å². The van der Waals surface area contributed by atoms with Crippen LogP contribution in [0.4, 0.5) is 0 Å². The minimum absolute atomic E-state index is 0.255. The molecule has 0 fully saturated rings. The van der Waals surface area contributed by atoms with Gasteiger partial charge in [-0.1, -0.05) is 56.3 Å². The van der Waals surface area contributed by atoms with Crippen LogP contribution >= 0.6 is 11.8 Å². The molecule has 1 aromatic carbocycles. The zero-order valence-corrected chi connectivity index (χ0v) is 14.2. The molecular weight excluding hydrogens is 282 g/mol. The lowest BCUT2D eigenvalue weighted by atomic mass is 10.0. The molecule has 1 aromatic rings. The van der Waals surface area contributed by atoms with Crippen molar-refractivity contribution in [3.8, 4) is 0 Å². The van der Waals surface area contributed by atoms with Gasteiger partial charge in [-0.15, -0.1) is 11.8 Å². The normalized spacial score (nSPS) is 22.0. The van der Waals surface area contributed by atoms with Gasteiger partial charge in [0, 0.05) is 16.9 Å². The molecule has 1 heterocycles. The summed E-state index contributed by atoms with van der Waals surface area (Å²) in [6.07, 6.45) is 0.852. The minimum Gasteiger partial charge on any atom is -0.387 e. The van der Waals surface area contributed by atoms with Crippen molar-refractivity contribution in [2.45, 2.75) is 51.1 Å². The third-order valence-corrected chi connectivity index (χ3v) is 4.51. The molecule has 1 atom stereocenters. The average molecular weight is 307 g/mol. The summed E-state index contributed by atoms with van der Waals surface area (Å²) in [5.74, 6) is 0.928. The lowest BCUT2D eigenvalue weighted by Crippen LogP contribution is -2.31. The van der Waals surface area contributed by atoms with Gasteiger partial charge in [-0.2, -0.15) is 0 Å². The van der Waals surface area contributed by atoms with Crippen molar-refractivity contribution in [2.75, 3.05) is 12.4 Å². The van der Waals surface area contributed by atoms with Crippen molar-refractivity contribution in [3.05, 3.63) is 35.9 Å². The van der Waals surface area contributed by atoms with Gasteiger partial charge in [0.1, 0.15) is 0 Å². The van der Waals surface area contributed by atoms with Gasteiger partial charge in [0.05, 0.1) is 18.9 Å². The van der Waals surface area contributed by atoms with Crippen LogP contribution in [0.3, 0.4) is 0 Å². The van der Waals surface area contributed by atoms with E-state index in [1.165, 1.54) is 5.56 Å². The summed E-state index contributed by atoms with van der Waals surface area (Å²) >= 11 is 1.90. The lowest BCUT2D eigenvalue weighted by molar-refractivity contribution is -0.0709. The summed E-state index contributed by atoms with van der Waals surface area (Å²) in [6, 6.07) is 10.2. The third kappa shape index (κ3) is 5.71. The number of thioether (sulfide) groups is 1. The highest BCUT2D eigenvalue weighted by Gasteiger charge is 2.34. The molecule has 0 saturated heterocycles. The van der Waals surface area contributed by atoms with E-state index in [-0.39, 0.29) is 10.3 Å². The molecule has 0 spiro atoms. The summed E-state index contributed by atoms with van der Waals surface area (Å²) in [7, 11) is 0. The molecule has 3 nitrogen and oxygen atoms in total. The van der Waals surface area contributed by atoms with Crippen molar-refractivity contribution >= 4 is 17.5 Å². The first kappa shape index (κ1) is 16.4. The summed E-state index contributed by atoms with van der Waals surface area (Å²) in [4.78, 5) is 5.61. The first-order chi connectivity index (χ1) is 9.86. The van der Waals surface area contributed by atoms with Crippen LogP contribution in [0.5, 0.6) is 0 Å². The highest BCUT2D eigenvalue weighted by molar-refractivity contribution is 8.01. The molecule has 116 valence electrons. The second-order valence-electron chi connectivity index (χ2n) is 6.75. The molecule has 2 rings (SSSR count). The predicted octanol–water partition coefficient (Wildman–Crippen LogP) is 4.27. The smallest absolute Gasteiger partial charge is 0.163 e. The van der Waals surface area contributed by atoms with Crippen LogP contribution < -0.4 is 0 Å². The predicted molar refractivity (Wildman–Crippen MR) is 89.9 cm³/mol. The number of benzene rings is 1. The number of ether oxygens (including phenoxy) is 1. The number of hydrogen-bond acceptors (Lipinski definition) is 4. The highest BCUT2D eigenvalue weighted by atomic mass is 32.2. The lowest BCUT2D eigenvalue weighted by Gasteiger charge is -2.21. The van der Waals surface area contributed by atoms with E-state index in [9.17, 15) is 0 Å². The molecule has 0 N–H and O–H groups in total. The van der Waals surface area contributed by atoms with E-state index in [1.54, 1.807) is 0 Å². The van der Waals surface area contributed by atoms with E-state index in [0.29, 0.717) is 13.2 Å². The standard InChI is InChI=1S/C17H25NO2S/c1-16(2,3)21-12-15-10-17(4,20-18-15)13-19-11-14-8-6-5-7-9-14/h5-9H,10-13H2,1-4H3. The van der Waals surface area contributed by atoms with Gasteiger partial charge in [0.2, 0.25) is 0 Å². The number of nitrogens with zero attached hydrogens (tertiary/aromatic N) is 1. The van der Waals surface area contributed by atoms with Crippen LogP contribution in [0.2, 0.25) is 0 Å². The Labute approximate surface area is 132 Å². The largest absolute Gasteiger partial charge is 0.387 e. The Morgan fingerprint density at radius 1 is 1.29 bits per heavy atom. The molecular formula is C17H25NO2S. The van der Waals surface area contributed by atoms with Gasteiger partial charge in [-0.05, 0) is 12.5 Å². The van der Waals surface area contributed by atoms with E-state index >= 15 is 0 Å². The average Bonchev–Trinajstić information content (AvgIpc) is 2.79. The van der Waals surface area contributed by atoms with Crippen molar-refractivity contribution in [3.63, 3.8) is 0 Å². The number of rotatable bonds is 6. The van der Waals surface area contributed by atoms with Gasteiger partial charge < -0.3 is 9.57 Å². The SMILES string of the molecule is CC1(COCc2ccccc2)CC(CSC(C)(C)C)=NO1. The molecule has 0 saturated carbocycles.